The molecule has 3 aromatic heterocycles. The topological polar surface area (TPSA) is 38.7 Å². The number of rotatable bonds is 4. The lowest BCUT2D eigenvalue weighted by Gasteiger charge is -2.29. The summed E-state index contributed by atoms with van der Waals surface area (Å²) in [6, 6.07) is 35.2. The van der Waals surface area contributed by atoms with Crippen molar-refractivity contribution in [1.29, 1.82) is 0 Å². The van der Waals surface area contributed by atoms with E-state index < -0.39 is 0 Å². The lowest BCUT2D eigenvalue weighted by Crippen LogP contribution is -2.19. The zero-order valence-corrected chi connectivity index (χ0v) is 25.5. The Bertz CT molecular complexity index is 2030. The normalized spacial score (nSPS) is 15.5. The summed E-state index contributed by atoms with van der Waals surface area (Å²) in [7, 11) is 0. The van der Waals surface area contributed by atoms with Gasteiger partial charge >= 0.3 is 0 Å². The largest absolute Gasteiger partial charge is 0.264 e. The number of pyridine rings is 3. The number of allylic oxidation sites excluding steroid dienone is 2. The fourth-order valence-corrected chi connectivity index (χ4v) is 7.46. The van der Waals surface area contributed by atoms with Crippen LogP contribution >= 0.6 is 0 Å². The first-order valence-corrected chi connectivity index (χ1v) is 15.2. The van der Waals surface area contributed by atoms with Crippen LogP contribution in [0.25, 0.3) is 55.8 Å². The molecule has 3 heteroatoms. The summed E-state index contributed by atoms with van der Waals surface area (Å²) in [4.78, 5) is 13.4. The van der Waals surface area contributed by atoms with Gasteiger partial charge in [-0.05, 0) is 110 Å². The molecule has 3 aromatic carbocycles. The van der Waals surface area contributed by atoms with E-state index in [0.717, 1.165) is 27.9 Å². The van der Waals surface area contributed by atoms with Gasteiger partial charge in [0.05, 0.1) is 5.69 Å². The molecule has 6 aromatic rings. The summed E-state index contributed by atoms with van der Waals surface area (Å²) in [5, 5.41) is 0. The van der Waals surface area contributed by atoms with E-state index in [-0.39, 0.29) is 10.8 Å². The van der Waals surface area contributed by atoms with Crippen molar-refractivity contribution in [2.24, 2.45) is 0 Å². The number of hydrogen-bond donors (Lipinski definition) is 0. The highest BCUT2D eigenvalue weighted by atomic mass is 14.7. The smallest absolute Gasteiger partial charge is 0.0702 e. The Morgan fingerprint density at radius 3 is 1.45 bits per heavy atom. The number of benzene rings is 3. The van der Waals surface area contributed by atoms with Crippen LogP contribution in [0, 0.1) is 0 Å². The van der Waals surface area contributed by atoms with Crippen molar-refractivity contribution in [2.75, 3.05) is 0 Å². The lowest BCUT2D eigenvalue weighted by molar-refractivity contribution is 0.694. The minimum atomic E-state index is -0.136. The predicted molar refractivity (Wildman–Crippen MR) is 181 cm³/mol. The van der Waals surface area contributed by atoms with Crippen LogP contribution in [0.15, 0.2) is 128 Å². The Kier molecular flexibility index (Phi) is 5.83. The molecular weight excluding hydrogens is 534 g/mol. The Morgan fingerprint density at radius 1 is 0.432 bits per heavy atom. The maximum Gasteiger partial charge on any atom is 0.0702 e. The molecule has 0 amide bonds. The number of nitrogens with zero attached hydrogens (tertiary/aromatic N) is 3. The van der Waals surface area contributed by atoms with Gasteiger partial charge in [0.2, 0.25) is 0 Å². The Morgan fingerprint density at radius 2 is 0.955 bits per heavy atom. The van der Waals surface area contributed by atoms with E-state index in [1.165, 1.54) is 50.1 Å². The Labute approximate surface area is 259 Å². The van der Waals surface area contributed by atoms with Crippen molar-refractivity contribution in [3.8, 4) is 44.6 Å². The first-order chi connectivity index (χ1) is 21.3. The molecule has 0 saturated heterocycles. The van der Waals surface area contributed by atoms with E-state index in [0.29, 0.717) is 0 Å². The third-order valence-corrected chi connectivity index (χ3v) is 9.64. The van der Waals surface area contributed by atoms with Crippen LogP contribution in [0.4, 0.5) is 0 Å². The minimum absolute atomic E-state index is 0.118. The summed E-state index contributed by atoms with van der Waals surface area (Å²) in [6.45, 7) is 9.55. The van der Waals surface area contributed by atoms with Crippen LogP contribution in [0.2, 0.25) is 0 Å². The average molecular weight is 568 g/mol. The highest BCUT2D eigenvalue weighted by Gasteiger charge is 2.49. The molecule has 0 N–H and O–H groups in total. The molecule has 8 rings (SSSR count). The van der Waals surface area contributed by atoms with E-state index in [2.05, 4.69) is 122 Å². The van der Waals surface area contributed by atoms with Gasteiger partial charge in [-0.15, -0.1) is 0 Å². The van der Waals surface area contributed by atoms with Crippen molar-refractivity contribution in [1.82, 2.24) is 15.0 Å². The number of aromatic nitrogens is 3. The van der Waals surface area contributed by atoms with Crippen LogP contribution in [0.1, 0.15) is 49.9 Å². The Balaban J connectivity index is 1.25. The number of fused-ring (bicyclic) bond motifs is 4. The molecule has 0 aliphatic heterocycles. The van der Waals surface area contributed by atoms with Gasteiger partial charge in [-0.1, -0.05) is 70.2 Å². The second-order valence-electron chi connectivity index (χ2n) is 13.0. The van der Waals surface area contributed by atoms with E-state index in [1.807, 2.05) is 49.2 Å². The van der Waals surface area contributed by atoms with Gasteiger partial charge in [0.15, 0.2) is 0 Å². The highest BCUT2D eigenvalue weighted by Crippen LogP contribution is 2.63. The second-order valence-corrected chi connectivity index (χ2v) is 13.0. The molecule has 0 radical (unpaired) electrons. The monoisotopic (exact) mass is 567 g/mol. The summed E-state index contributed by atoms with van der Waals surface area (Å²) in [5.74, 6) is 0. The van der Waals surface area contributed by atoms with E-state index >= 15 is 0 Å². The Hall–Kier alpha value is -5.15. The molecule has 212 valence electrons. The van der Waals surface area contributed by atoms with Crippen LogP contribution in [-0.2, 0) is 10.8 Å². The van der Waals surface area contributed by atoms with Crippen LogP contribution in [0.3, 0.4) is 0 Å². The van der Waals surface area contributed by atoms with Crippen LogP contribution in [-0.4, -0.2) is 15.0 Å². The lowest BCUT2D eigenvalue weighted by atomic mass is 9.74. The molecule has 2 aliphatic rings. The number of hydrogen-bond acceptors (Lipinski definition) is 3. The van der Waals surface area contributed by atoms with Gasteiger partial charge in [-0.2, -0.15) is 0 Å². The molecule has 0 saturated carbocycles. The fraction of sp³-hybridized carbons (Fsp3) is 0.146. The summed E-state index contributed by atoms with van der Waals surface area (Å²) in [5.41, 5.74) is 17.3. The third kappa shape index (κ3) is 4.00. The van der Waals surface area contributed by atoms with Crippen LogP contribution in [0.5, 0.6) is 0 Å². The van der Waals surface area contributed by atoms with E-state index in [1.54, 1.807) is 0 Å². The van der Waals surface area contributed by atoms with E-state index in [4.69, 9.17) is 0 Å². The molecule has 0 atom stereocenters. The minimum Gasteiger partial charge on any atom is -0.264 e. The maximum atomic E-state index is 4.63. The van der Waals surface area contributed by atoms with Crippen molar-refractivity contribution in [3.63, 3.8) is 0 Å². The van der Waals surface area contributed by atoms with Gasteiger partial charge in [-0.25, -0.2) is 0 Å². The summed E-state index contributed by atoms with van der Waals surface area (Å²) in [6.07, 6.45) is 9.39. The molecule has 2 aliphatic carbocycles. The van der Waals surface area contributed by atoms with Crippen LogP contribution < -0.4 is 0 Å². The molecule has 0 unspecified atom stereocenters. The second kappa shape index (κ2) is 9.68. The van der Waals surface area contributed by atoms with Gasteiger partial charge < -0.3 is 0 Å². The molecular formula is C41H33N3. The molecule has 0 fully saturated rings. The first kappa shape index (κ1) is 26.5. The van der Waals surface area contributed by atoms with Crippen molar-refractivity contribution in [2.45, 2.75) is 38.5 Å². The standard InChI is InChI=1S/C41H33N3/c1-40(2)35-22-26(30-19-31(28-9-7-16-42-24-28)21-32(20-30)29-10-8-17-43-25-29)12-14-33(35)38-39(40)34-15-13-27(23-36(34)41(38,3)4)37-11-5-6-18-44-37/h5-25H,1-4H3. The molecule has 3 nitrogen and oxygen atoms in total. The summed E-state index contributed by atoms with van der Waals surface area (Å²) >= 11 is 0. The molecule has 0 bridgehead atoms. The first-order valence-electron chi connectivity index (χ1n) is 15.2. The SMILES string of the molecule is CC1(C)C2=C(c3ccc(-c4cc(-c5cccnc5)cc(-c5cccnc5)c4)cc31)C(C)(C)c1cc(-c3ccccn3)ccc12. The molecule has 0 spiro atoms. The van der Waals surface area contributed by atoms with E-state index in [9.17, 15) is 0 Å². The molecule has 3 heterocycles. The average Bonchev–Trinajstić information content (AvgIpc) is 3.46. The van der Waals surface area contributed by atoms with Crippen molar-refractivity contribution in [3.05, 3.63) is 150 Å². The zero-order chi connectivity index (χ0) is 30.1. The molecule has 44 heavy (non-hydrogen) atoms. The fourth-order valence-electron chi connectivity index (χ4n) is 7.46. The third-order valence-electron chi connectivity index (χ3n) is 9.64. The zero-order valence-electron chi connectivity index (χ0n) is 25.5. The highest BCUT2D eigenvalue weighted by molar-refractivity contribution is 6.10. The van der Waals surface area contributed by atoms with Gasteiger partial charge in [0.25, 0.3) is 0 Å². The van der Waals surface area contributed by atoms with Crippen molar-refractivity contribution < 1.29 is 0 Å². The van der Waals surface area contributed by atoms with Crippen molar-refractivity contribution >= 4 is 11.1 Å². The summed E-state index contributed by atoms with van der Waals surface area (Å²) < 4.78 is 0. The van der Waals surface area contributed by atoms with Gasteiger partial charge in [0, 0.05) is 58.5 Å². The predicted octanol–water partition coefficient (Wildman–Crippen LogP) is 10.0. The van der Waals surface area contributed by atoms with Gasteiger partial charge in [-0.3, -0.25) is 15.0 Å². The van der Waals surface area contributed by atoms with Gasteiger partial charge in [0.1, 0.15) is 0 Å². The maximum absolute atomic E-state index is 4.63. The quantitative estimate of drug-likeness (QED) is 0.213.